The van der Waals surface area contributed by atoms with Crippen LogP contribution in [0, 0.1) is 5.41 Å². The first-order valence-corrected chi connectivity index (χ1v) is 6.41. The number of unbranched alkanes of at least 4 members (excludes halogenated alkanes) is 1. The summed E-state index contributed by atoms with van der Waals surface area (Å²) in [7, 11) is 0. The summed E-state index contributed by atoms with van der Waals surface area (Å²) in [5, 5.41) is 8.45. The maximum atomic E-state index is 4.26. The fraction of sp³-hybridized carbons (Fsp3) is 0.571. The molecule has 0 radical (unpaired) electrons. The number of hydrogen-bond acceptors (Lipinski definition) is 2. The van der Waals surface area contributed by atoms with Gasteiger partial charge in [-0.2, -0.15) is 0 Å². The molecule has 0 saturated carbocycles. The SMILES string of the molecule is CCCCC(C)(C)Cn1nnc2ccccc21. The Morgan fingerprint density at radius 2 is 2.00 bits per heavy atom. The first kappa shape index (κ1) is 12.1. The van der Waals surface area contributed by atoms with E-state index in [0.29, 0.717) is 0 Å². The van der Waals surface area contributed by atoms with Gasteiger partial charge in [0.1, 0.15) is 5.52 Å². The van der Waals surface area contributed by atoms with E-state index in [1.807, 2.05) is 22.9 Å². The molecule has 2 rings (SSSR count). The van der Waals surface area contributed by atoms with Crippen LogP contribution in [0.1, 0.15) is 40.0 Å². The zero-order valence-electron chi connectivity index (χ0n) is 11.0. The van der Waals surface area contributed by atoms with Gasteiger partial charge in [-0.1, -0.05) is 51.0 Å². The molecule has 0 bridgehead atoms. The minimum atomic E-state index is 0.284. The molecule has 17 heavy (non-hydrogen) atoms. The van der Waals surface area contributed by atoms with Crippen molar-refractivity contribution in [2.75, 3.05) is 0 Å². The quantitative estimate of drug-likeness (QED) is 0.786. The van der Waals surface area contributed by atoms with Crippen LogP contribution in [0.3, 0.4) is 0 Å². The van der Waals surface area contributed by atoms with Crippen LogP contribution in [0.5, 0.6) is 0 Å². The van der Waals surface area contributed by atoms with E-state index in [1.54, 1.807) is 0 Å². The van der Waals surface area contributed by atoms with Gasteiger partial charge in [0.15, 0.2) is 0 Å². The van der Waals surface area contributed by atoms with Crippen molar-refractivity contribution in [2.45, 2.75) is 46.6 Å². The molecular formula is C14H21N3. The Hall–Kier alpha value is -1.38. The van der Waals surface area contributed by atoms with Crippen LogP contribution in [0.25, 0.3) is 11.0 Å². The average Bonchev–Trinajstić information content (AvgIpc) is 2.70. The summed E-state index contributed by atoms with van der Waals surface area (Å²) in [6, 6.07) is 8.15. The van der Waals surface area contributed by atoms with Crippen LogP contribution >= 0.6 is 0 Å². The highest BCUT2D eigenvalue weighted by molar-refractivity contribution is 5.73. The third kappa shape index (κ3) is 2.84. The highest BCUT2D eigenvalue weighted by Gasteiger charge is 2.19. The molecular weight excluding hydrogens is 210 g/mol. The van der Waals surface area contributed by atoms with Crippen molar-refractivity contribution in [2.24, 2.45) is 5.41 Å². The summed E-state index contributed by atoms with van der Waals surface area (Å²) in [5.74, 6) is 0. The standard InChI is InChI=1S/C14H21N3/c1-4-5-10-14(2,3)11-17-13-9-7-6-8-12(13)15-16-17/h6-9H,4-5,10-11H2,1-3H3. The Labute approximate surface area is 103 Å². The first-order chi connectivity index (χ1) is 8.12. The van der Waals surface area contributed by atoms with Crippen molar-refractivity contribution in [3.8, 4) is 0 Å². The minimum absolute atomic E-state index is 0.284. The number of nitrogens with zero attached hydrogens (tertiary/aromatic N) is 3. The van der Waals surface area contributed by atoms with E-state index in [1.165, 1.54) is 19.3 Å². The lowest BCUT2D eigenvalue weighted by molar-refractivity contribution is 0.263. The molecule has 0 aliphatic heterocycles. The summed E-state index contributed by atoms with van der Waals surface area (Å²) < 4.78 is 2.03. The molecule has 1 aromatic carbocycles. The van der Waals surface area contributed by atoms with E-state index in [4.69, 9.17) is 0 Å². The third-order valence-electron chi connectivity index (χ3n) is 3.21. The van der Waals surface area contributed by atoms with Crippen molar-refractivity contribution in [1.29, 1.82) is 0 Å². The average molecular weight is 231 g/mol. The third-order valence-corrected chi connectivity index (χ3v) is 3.21. The fourth-order valence-electron chi connectivity index (χ4n) is 2.17. The highest BCUT2D eigenvalue weighted by Crippen LogP contribution is 2.26. The van der Waals surface area contributed by atoms with Gasteiger partial charge < -0.3 is 0 Å². The Morgan fingerprint density at radius 1 is 1.24 bits per heavy atom. The second-order valence-electron chi connectivity index (χ2n) is 5.50. The monoisotopic (exact) mass is 231 g/mol. The molecule has 0 aliphatic carbocycles. The number of benzene rings is 1. The molecule has 92 valence electrons. The van der Waals surface area contributed by atoms with Crippen molar-refractivity contribution >= 4 is 11.0 Å². The number of hydrogen-bond donors (Lipinski definition) is 0. The smallest absolute Gasteiger partial charge is 0.113 e. The van der Waals surface area contributed by atoms with E-state index in [9.17, 15) is 0 Å². The lowest BCUT2D eigenvalue weighted by Gasteiger charge is -2.24. The Kier molecular flexibility index (Phi) is 3.46. The molecule has 3 nitrogen and oxygen atoms in total. The predicted octanol–water partition coefficient (Wildman–Crippen LogP) is 3.65. The van der Waals surface area contributed by atoms with Crippen molar-refractivity contribution in [3.63, 3.8) is 0 Å². The van der Waals surface area contributed by atoms with Gasteiger partial charge in [0.05, 0.1) is 5.52 Å². The van der Waals surface area contributed by atoms with Gasteiger partial charge in [0, 0.05) is 6.54 Å². The number of para-hydroxylation sites is 1. The van der Waals surface area contributed by atoms with E-state index in [2.05, 4.69) is 37.1 Å². The molecule has 0 atom stereocenters. The van der Waals surface area contributed by atoms with E-state index >= 15 is 0 Å². The second kappa shape index (κ2) is 4.86. The van der Waals surface area contributed by atoms with Crippen molar-refractivity contribution < 1.29 is 0 Å². The van der Waals surface area contributed by atoms with Crippen LogP contribution < -0.4 is 0 Å². The molecule has 0 aliphatic rings. The number of fused-ring (bicyclic) bond motifs is 1. The van der Waals surface area contributed by atoms with Gasteiger partial charge in [-0.25, -0.2) is 4.68 Å². The molecule has 1 heterocycles. The first-order valence-electron chi connectivity index (χ1n) is 6.41. The van der Waals surface area contributed by atoms with Gasteiger partial charge in [-0.15, -0.1) is 5.10 Å². The lowest BCUT2D eigenvalue weighted by Crippen LogP contribution is -2.20. The molecule has 2 aromatic rings. The normalized spacial score (nSPS) is 12.2. The molecule has 0 N–H and O–H groups in total. The zero-order chi connectivity index (χ0) is 12.3. The molecule has 0 saturated heterocycles. The van der Waals surface area contributed by atoms with Crippen LogP contribution in [0.2, 0.25) is 0 Å². The Bertz CT molecular complexity index is 485. The van der Waals surface area contributed by atoms with Crippen LogP contribution in [-0.4, -0.2) is 15.0 Å². The van der Waals surface area contributed by atoms with Crippen LogP contribution in [0.15, 0.2) is 24.3 Å². The molecule has 0 spiro atoms. The highest BCUT2D eigenvalue weighted by atomic mass is 15.4. The number of rotatable bonds is 5. The maximum absolute atomic E-state index is 4.26. The second-order valence-corrected chi connectivity index (χ2v) is 5.50. The summed E-state index contributed by atoms with van der Waals surface area (Å²) >= 11 is 0. The van der Waals surface area contributed by atoms with Gasteiger partial charge in [-0.05, 0) is 24.0 Å². The Balaban J connectivity index is 2.18. The molecule has 0 unspecified atom stereocenters. The lowest BCUT2D eigenvalue weighted by atomic mass is 9.87. The van der Waals surface area contributed by atoms with Gasteiger partial charge >= 0.3 is 0 Å². The zero-order valence-corrected chi connectivity index (χ0v) is 11.0. The van der Waals surface area contributed by atoms with Gasteiger partial charge in [-0.3, -0.25) is 0 Å². The molecule has 0 fully saturated rings. The van der Waals surface area contributed by atoms with Crippen LogP contribution in [-0.2, 0) is 6.54 Å². The maximum Gasteiger partial charge on any atom is 0.113 e. The van der Waals surface area contributed by atoms with E-state index in [-0.39, 0.29) is 5.41 Å². The van der Waals surface area contributed by atoms with Gasteiger partial charge in [0.25, 0.3) is 0 Å². The van der Waals surface area contributed by atoms with Crippen molar-refractivity contribution in [3.05, 3.63) is 24.3 Å². The summed E-state index contributed by atoms with van der Waals surface area (Å²) in [4.78, 5) is 0. The minimum Gasteiger partial charge on any atom is -0.244 e. The summed E-state index contributed by atoms with van der Waals surface area (Å²) in [5.41, 5.74) is 2.41. The molecule has 3 heteroatoms. The van der Waals surface area contributed by atoms with Crippen molar-refractivity contribution in [1.82, 2.24) is 15.0 Å². The van der Waals surface area contributed by atoms with Gasteiger partial charge in [0.2, 0.25) is 0 Å². The topological polar surface area (TPSA) is 30.7 Å². The molecule has 1 aromatic heterocycles. The summed E-state index contributed by atoms with van der Waals surface area (Å²) in [6.07, 6.45) is 3.76. The number of aromatic nitrogens is 3. The van der Waals surface area contributed by atoms with E-state index in [0.717, 1.165) is 17.6 Å². The summed E-state index contributed by atoms with van der Waals surface area (Å²) in [6.45, 7) is 7.78. The van der Waals surface area contributed by atoms with E-state index < -0.39 is 0 Å². The predicted molar refractivity (Wildman–Crippen MR) is 70.8 cm³/mol. The fourth-order valence-corrected chi connectivity index (χ4v) is 2.17. The molecule has 0 amide bonds. The Morgan fingerprint density at radius 3 is 2.76 bits per heavy atom. The van der Waals surface area contributed by atoms with Crippen LogP contribution in [0.4, 0.5) is 0 Å². The largest absolute Gasteiger partial charge is 0.244 e.